The number of rotatable bonds is 16. The smallest absolute Gasteiger partial charge is 0.341 e. The van der Waals surface area contributed by atoms with Crippen LogP contribution in [0.5, 0.6) is 28.7 Å². The number of phenolic OH excluding ortho intramolecular Hbond substituents is 1. The number of carbonyl (C=O) groups is 6. The fraction of sp³-hybridized carbons (Fsp3) is 0.308. The van der Waals surface area contributed by atoms with Crippen LogP contribution in [0.25, 0.3) is 0 Å². The molecule has 0 spiro atoms. The molecule has 0 amide bonds. The molecule has 5 rings (SSSR count). The lowest BCUT2D eigenvalue weighted by molar-refractivity contribution is -0.142. The largest absolute Gasteiger partial charge is 0.507 e. The van der Waals surface area contributed by atoms with Gasteiger partial charge in [0.15, 0.2) is 5.78 Å². The fourth-order valence-electron chi connectivity index (χ4n) is 5.74. The molecule has 0 saturated carbocycles. The van der Waals surface area contributed by atoms with Crippen LogP contribution in [0.3, 0.4) is 0 Å². The Morgan fingerprint density at radius 2 is 0.772 bits per heavy atom. The average Bonchev–Trinajstić information content (AvgIpc) is 3.33. The van der Waals surface area contributed by atoms with E-state index in [2.05, 4.69) is 9.47 Å². The Morgan fingerprint density at radius 1 is 0.481 bits per heavy atom. The molecule has 0 aromatic heterocycles. The molecule has 17 nitrogen and oxygen atoms in total. The molecule has 432 valence electrons. The maximum Gasteiger partial charge on any atom is 0.341 e. The number of carboxylic acids is 3. The number of hydrogen-bond acceptors (Lipinski definition) is 14. The number of ketones is 1. The normalized spacial score (nSPS) is 11.2. The van der Waals surface area contributed by atoms with Crippen molar-refractivity contribution in [3.63, 3.8) is 0 Å². The summed E-state index contributed by atoms with van der Waals surface area (Å²) in [4.78, 5) is 66.5. The van der Waals surface area contributed by atoms with Gasteiger partial charge >= 0.3 is 29.8 Å². The molecule has 27 heteroatoms. The van der Waals surface area contributed by atoms with Crippen molar-refractivity contribution in [3.05, 3.63) is 143 Å². The summed E-state index contributed by atoms with van der Waals surface area (Å²) in [6, 6.07) is 9.80. The predicted octanol–water partition coefficient (Wildman–Crippen LogP) is 13.3. The molecule has 0 aliphatic heterocycles. The number of hydrogen-bond donors (Lipinski definition) is 6. The molecule has 0 saturated heterocycles. The maximum absolute atomic E-state index is 13.6. The third-order valence-corrected chi connectivity index (χ3v) is 10.7. The molecule has 6 N–H and O–H groups in total. The van der Waals surface area contributed by atoms with Crippen LogP contribution in [-0.2, 0) is 14.3 Å². The lowest BCUT2D eigenvalue weighted by Crippen LogP contribution is -2.28. The number of aromatic hydroxyl groups is 2. The van der Waals surface area contributed by atoms with Crippen LogP contribution < -0.4 is 14.2 Å². The number of phenols is 2. The van der Waals surface area contributed by atoms with Crippen molar-refractivity contribution in [2.75, 3.05) is 14.2 Å². The third kappa shape index (κ3) is 23.6. The van der Waals surface area contributed by atoms with Gasteiger partial charge in [0.05, 0.1) is 75.2 Å². The highest BCUT2D eigenvalue weighted by Crippen LogP contribution is 2.32. The SMILES string of the molecule is CC(C)Oc1cc(F)c(Cl)cc1C(=O)CCC(C)(O)CC(=O)O.CC(C)Oc1cc(F)c(Cl)cc1C(=O)O.COC(=O)c1cc(Cl)c(F)cc1O.COC(=O)c1cc(Cl)c(F)cc1OC(C)C.O=C(O)c1cc(Cl)c(F)cc1O. The molecule has 0 heterocycles. The Morgan fingerprint density at radius 3 is 1.13 bits per heavy atom. The van der Waals surface area contributed by atoms with Crippen molar-refractivity contribution in [1.82, 2.24) is 0 Å². The van der Waals surface area contributed by atoms with E-state index in [9.17, 15) is 55.8 Å². The summed E-state index contributed by atoms with van der Waals surface area (Å²) in [6.07, 6.45) is -1.31. The highest BCUT2D eigenvalue weighted by Gasteiger charge is 2.27. The number of ether oxygens (including phenoxy) is 5. The van der Waals surface area contributed by atoms with Crippen molar-refractivity contribution >= 4 is 93.6 Å². The Bertz CT molecular complexity index is 2990. The van der Waals surface area contributed by atoms with Crippen LogP contribution in [0.2, 0.25) is 25.1 Å². The zero-order valence-corrected chi connectivity index (χ0v) is 46.9. The first kappa shape index (κ1) is 70.2. The zero-order chi connectivity index (χ0) is 61.0. The number of halogens is 10. The summed E-state index contributed by atoms with van der Waals surface area (Å²) in [5.41, 5.74) is -2.01. The van der Waals surface area contributed by atoms with Gasteiger partial charge in [-0.25, -0.2) is 41.1 Å². The van der Waals surface area contributed by atoms with Crippen LogP contribution in [0.15, 0.2) is 60.7 Å². The van der Waals surface area contributed by atoms with Gasteiger partial charge in [-0.2, -0.15) is 0 Å². The number of Topliss-reactive ketones (excluding diaryl/α,β-unsaturated/α-hetero) is 1. The van der Waals surface area contributed by atoms with Crippen LogP contribution in [-0.4, -0.2) is 104 Å². The van der Waals surface area contributed by atoms with Gasteiger partial charge in [-0.05, 0) is 85.2 Å². The van der Waals surface area contributed by atoms with Gasteiger partial charge in [-0.15, -0.1) is 0 Å². The highest BCUT2D eigenvalue weighted by atomic mass is 35.5. The molecule has 5 aromatic rings. The standard InChI is InChI=1S/C16H20ClFO5.C11H12ClFO3.C10H10ClFO3.C8H6ClFO3.C7H4ClFO3/c1-9(2)23-14-7-12(18)11(17)6-10(14)13(19)4-5-16(3,22)8-15(20)21;1-6(2)16-10-5-9(13)8(12)4-7(10)11(14)15-3;1-5(2)15-9-4-8(12)7(11)3-6(9)10(13)14;1-13-8(12)4-2-5(9)6(10)3-7(4)11;8-4-1-3(7(11)12)6(10)2-5(4)9/h6-7,9,22H,4-5,8H2,1-3H3,(H,20,21);4-6H,1-3H3;3-5H,1-2H3,(H,13,14);2-3,11H,1H3;1-2,10H,(H,11,12). The first-order valence-electron chi connectivity index (χ1n) is 22.4. The van der Waals surface area contributed by atoms with Crippen molar-refractivity contribution < 1.29 is 105 Å². The fourth-order valence-corrected chi connectivity index (χ4v) is 6.56. The molecule has 0 fully saturated rings. The van der Waals surface area contributed by atoms with E-state index in [0.717, 1.165) is 49.6 Å². The summed E-state index contributed by atoms with van der Waals surface area (Å²) in [5.74, 6) is -10.1. The van der Waals surface area contributed by atoms with E-state index in [0.29, 0.717) is 6.07 Å². The predicted molar refractivity (Wildman–Crippen MR) is 281 cm³/mol. The van der Waals surface area contributed by atoms with Gasteiger partial charge in [0.1, 0.15) is 80.1 Å². The van der Waals surface area contributed by atoms with Gasteiger partial charge in [-0.3, -0.25) is 9.59 Å². The second-order valence-electron chi connectivity index (χ2n) is 16.9. The van der Waals surface area contributed by atoms with Gasteiger partial charge in [0, 0.05) is 36.8 Å². The Labute approximate surface area is 473 Å². The second-order valence-corrected chi connectivity index (χ2v) is 19.0. The van der Waals surface area contributed by atoms with E-state index < -0.39 is 93.8 Å². The van der Waals surface area contributed by atoms with Crippen LogP contribution in [0.4, 0.5) is 22.0 Å². The van der Waals surface area contributed by atoms with Crippen molar-refractivity contribution in [1.29, 1.82) is 0 Å². The van der Waals surface area contributed by atoms with E-state index in [1.54, 1.807) is 41.5 Å². The summed E-state index contributed by atoms with van der Waals surface area (Å²) in [5, 5.41) is 52.8. The lowest BCUT2D eigenvalue weighted by atomic mass is 9.93. The molecule has 0 bridgehead atoms. The van der Waals surface area contributed by atoms with Gasteiger partial charge in [0.2, 0.25) is 0 Å². The van der Waals surface area contributed by atoms with E-state index in [4.69, 9.17) is 97.7 Å². The number of benzene rings is 5. The quantitative estimate of drug-likeness (QED) is 0.0304. The third-order valence-electron chi connectivity index (χ3n) is 9.23. The monoisotopic (exact) mass is 1220 g/mol. The topological polar surface area (TPSA) is 270 Å². The molecule has 0 aliphatic rings. The average molecular weight is 1220 g/mol. The minimum atomic E-state index is -1.51. The number of methoxy groups -OCH3 is 2. The van der Waals surface area contributed by atoms with E-state index in [-0.39, 0.29) is 95.8 Å². The highest BCUT2D eigenvalue weighted by molar-refractivity contribution is 6.32. The van der Waals surface area contributed by atoms with Gasteiger partial charge in [0.25, 0.3) is 0 Å². The van der Waals surface area contributed by atoms with Gasteiger partial charge in [-0.1, -0.05) is 58.0 Å². The molecule has 0 aliphatic carbocycles. The molecular weight excluding hydrogens is 1170 g/mol. The summed E-state index contributed by atoms with van der Waals surface area (Å²) < 4.78 is 89.8. The molecule has 0 radical (unpaired) electrons. The number of aromatic carboxylic acids is 2. The number of carboxylic acid groups (broad SMARTS) is 3. The molecular formula is C52H52Cl5F5O17. The Balaban J connectivity index is 0.000000504. The number of aliphatic hydroxyl groups is 1. The number of esters is 2. The van der Waals surface area contributed by atoms with Gasteiger partial charge < -0.3 is 54.3 Å². The van der Waals surface area contributed by atoms with Crippen LogP contribution in [0.1, 0.15) is 120 Å². The van der Waals surface area contributed by atoms with E-state index in [1.807, 2.05) is 0 Å². The molecule has 79 heavy (non-hydrogen) atoms. The van der Waals surface area contributed by atoms with Crippen molar-refractivity contribution in [3.8, 4) is 28.7 Å². The zero-order valence-electron chi connectivity index (χ0n) is 43.1. The first-order valence-corrected chi connectivity index (χ1v) is 24.3. The molecule has 5 aromatic carbocycles. The minimum absolute atomic E-state index is 0.0144. The minimum Gasteiger partial charge on any atom is -0.507 e. The summed E-state index contributed by atoms with van der Waals surface area (Å²) in [6.45, 7) is 11.8. The Hall–Kier alpha value is -6.82. The van der Waals surface area contributed by atoms with E-state index in [1.165, 1.54) is 26.2 Å². The molecule has 1 atom stereocenters. The van der Waals surface area contributed by atoms with Crippen LogP contribution >= 0.6 is 58.0 Å². The van der Waals surface area contributed by atoms with E-state index >= 15 is 0 Å². The number of aliphatic carboxylic acids is 1. The second kappa shape index (κ2) is 32.3. The Kier molecular flexibility index (Phi) is 28.7. The first-order chi connectivity index (χ1) is 36.5. The summed E-state index contributed by atoms with van der Waals surface area (Å²) in [7, 11) is 2.39. The number of carbonyl (C=O) groups excluding carboxylic acids is 3. The van der Waals surface area contributed by atoms with Crippen molar-refractivity contribution in [2.24, 2.45) is 0 Å². The maximum atomic E-state index is 13.6. The molecule has 1 unspecified atom stereocenters. The van der Waals surface area contributed by atoms with Crippen molar-refractivity contribution in [2.45, 2.75) is 91.6 Å². The summed E-state index contributed by atoms with van der Waals surface area (Å²) >= 11 is 27.4. The van der Waals surface area contributed by atoms with Crippen LogP contribution in [0, 0.1) is 29.1 Å². The lowest BCUT2D eigenvalue weighted by Gasteiger charge is -2.21.